The number of benzene rings is 1. The van der Waals surface area contributed by atoms with E-state index >= 15 is 0 Å². The molecule has 0 aromatic heterocycles. The van der Waals surface area contributed by atoms with Gasteiger partial charge in [-0.2, -0.15) is 0 Å². The lowest BCUT2D eigenvalue weighted by Crippen LogP contribution is -2.48. The minimum Gasteiger partial charge on any atom is -0.480 e. The Kier molecular flexibility index (Phi) is 5.73. The summed E-state index contributed by atoms with van der Waals surface area (Å²) in [5, 5.41) is 0. The van der Waals surface area contributed by atoms with Crippen molar-refractivity contribution in [3.05, 3.63) is 28.5 Å². The first-order valence-electron chi connectivity index (χ1n) is 8.18. The van der Waals surface area contributed by atoms with E-state index in [0.29, 0.717) is 36.5 Å². The molecular formula is C17H21BrFNO4. The molecule has 2 atom stereocenters. The van der Waals surface area contributed by atoms with Crippen LogP contribution >= 0.6 is 15.9 Å². The molecule has 3 rings (SSSR count). The molecule has 0 spiro atoms. The number of likely N-dealkylation sites (tertiary alicyclic amines) is 1. The van der Waals surface area contributed by atoms with Crippen LogP contribution in [0.4, 0.5) is 4.39 Å². The van der Waals surface area contributed by atoms with Crippen LogP contribution in [0, 0.1) is 11.7 Å². The molecule has 2 saturated heterocycles. The van der Waals surface area contributed by atoms with Gasteiger partial charge >= 0.3 is 0 Å². The summed E-state index contributed by atoms with van der Waals surface area (Å²) in [5.74, 6) is 0.223. The summed E-state index contributed by atoms with van der Waals surface area (Å²) in [6, 6.07) is 4.14. The Bertz CT molecular complexity index is 594. The zero-order valence-electron chi connectivity index (χ0n) is 13.5. The van der Waals surface area contributed by atoms with E-state index in [4.69, 9.17) is 14.2 Å². The standard InChI is InChI=1S/C17H21BrFNO4/c1-11(24-15-5-4-13(19)9-14(15)18)16(21)20-6-2-3-12(10-20)17-22-7-8-23-17/h4-5,9,11-12,17H,2-3,6-8,10H2,1H3. The van der Waals surface area contributed by atoms with E-state index in [1.54, 1.807) is 11.8 Å². The summed E-state index contributed by atoms with van der Waals surface area (Å²) < 4.78 is 30.5. The molecule has 0 N–H and O–H groups in total. The highest BCUT2D eigenvalue weighted by Gasteiger charge is 2.34. The Balaban J connectivity index is 1.60. The van der Waals surface area contributed by atoms with Gasteiger partial charge in [0, 0.05) is 19.0 Å². The maximum atomic E-state index is 13.1. The summed E-state index contributed by atoms with van der Waals surface area (Å²) in [7, 11) is 0. The zero-order valence-corrected chi connectivity index (χ0v) is 15.1. The highest BCUT2D eigenvalue weighted by Crippen LogP contribution is 2.28. The molecule has 2 aliphatic rings. The average Bonchev–Trinajstić information content (AvgIpc) is 3.11. The molecule has 1 aromatic carbocycles. The molecule has 2 fully saturated rings. The van der Waals surface area contributed by atoms with Crippen molar-refractivity contribution in [2.24, 2.45) is 5.92 Å². The van der Waals surface area contributed by atoms with Gasteiger partial charge in [-0.05, 0) is 53.9 Å². The van der Waals surface area contributed by atoms with Crippen LogP contribution in [0.1, 0.15) is 19.8 Å². The smallest absolute Gasteiger partial charge is 0.263 e. The van der Waals surface area contributed by atoms with E-state index in [2.05, 4.69) is 15.9 Å². The first-order valence-corrected chi connectivity index (χ1v) is 8.97. The molecule has 2 unspecified atom stereocenters. The molecule has 0 bridgehead atoms. The van der Waals surface area contributed by atoms with E-state index in [0.717, 1.165) is 12.8 Å². The number of amides is 1. The van der Waals surface area contributed by atoms with Crippen LogP contribution in [0.25, 0.3) is 0 Å². The van der Waals surface area contributed by atoms with Crippen molar-refractivity contribution in [3.63, 3.8) is 0 Å². The van der Waals surface area contributed by atoms with Gasteiger partial charge in [-0.25, -0.2) is 4.39 Å². The quantitative estimate of drug-likeness (QED) is 0.777. The van der Waals surface area contributed by atoms with E-state index < -0.39 is 6.10 Å². The van der Waals surface area contributed by atoms with Gasteiger partial charge in [0.15, 0.2) is 12.4 Å². The molecule has 0 radical (unpaired) electrons. The number of carbonyl (C=O) groups is 1. The predicted molar refractivity (Wildman–Crippen MR) is 89.2 cm³/mol. The fourth-order valence-electron chi connectivity index (χ4n) is 3.15. The largest absolute Gasteiger partial charge is 0.480 e. The fourth-order valence-corrected chi connectivity index (χ4v) is 3.59. The second kappa shape index (κ2) is 7.80. The lowest BCUT2D eigenvalue weighted by molar-refractivity contribution is -0.145. The summed E-state index contributed by atoms with van der Waals surface area (Å²) in [6.45, 7) is 4.27. The van der Waals surface area contributed by atoms with E-state index in [1.807, 2.05) is 0 Å². The van der Waals surface area contributed by atoms with Crippen LogP contribution in [-0.4, -0.2) is 49.5 Å². The fraction of sp³-hybridized carbons (Fsp3) is 0.588. The summed E-state index contributed by atoms with van der Waals surface area (Å²) in [6.07, 6.45) is 1.07. The minimum absolute atomic E-state index is 0.0751. The number of rotatable bonds is 4. The average molecular weight is 402 g/mol. The molecule has 7 heteroatoms. The first-order chi connectivity index (χ1) is 11.5. The van der Waals surface area contributed by atoms with E-state index in [-0.39, 0.29) is 23.9 Å². The molecule has 5 nitrogen and oxygen atoms in total. The summed E-state index contributed by atoms with van der Waals surface area (Å²) in [5.41, 5.74) is 0. The molecule has 1 amide bonds. The number of ether oxygens (including phenoxy) is 3. The van der Waals surface area contributed by atoms with Crippen molar-refractivity contribution in [3.8, 4) is 5.75 Å². The van der Waals surface area contributed by atoms with E-state index in [9.17, 15) is 9.18 Å². The highest BCUT2D eigenvalue weighted by molar-refractivity contribution is 9.10. The number of piperidine rings is 1. The maximum absolute atomic E-state index is 13.1. The van der Waals surface area contributed by atoms with Crippen molar-refractivity contribution < 1.29 is 23.4 Å². The molecule has 24 heavy (non-hydrogen) atoms. The molecule has 2 aliphatic heterocycles. The van der Waals surface area contributed by atoms with Crippen LogP contribution in [-0.2, 0) is 14.3 Å². The summed E-state index contributed by atoms with van der Waals surface area (Å²) >= 11 is 3.25. The van der Waals surface area contributed by atoms with Gasteiger partial charge in [0.25, 0.3) is 5.91 Å². The van der Waals surface area contributed by atoms with Crippen molar-refractivity contribution >= 4 is 21.8 Å². The van der Waals surface area contributed by atoms with Crippen LogP contribution < -0.4 is 4.74 Å². The van der Waals surface area contributed by atoms with Gasteiger partial charge in [-0.15, -0.1) is 0 Å². The van der Waals surface area contributed by atoms with E-state index in [1.165, 1.54) is 18.2 Å². The van der Waals surface area contributed by atoms with Crippen LogP contribution in [0.3, 0.4) is 0 Å². The molecule has 132 valence electrons. The number of nitrogens with zero attached hydrogens (tertiary/aromatic N) is 1. The first kappa shape index (κ1) is 17.6. The Morgan fingerprint density at radius 1 is 1.42 bits per heavy atom. The minimum atomic E-state index is -0.643. The molecule has 2 heterocycles. The van der Waals surface area contributed by atoms with Crippen molar-refractivity contribution in [1.82, 2.24) is 4.90 Å². The zero-order chi connectivity index (χ0) is 17.1. The third-order valence-electron chi connectivity index (χ3n) is 4.35. The molecular weight excluding hydrogens is 381 g/mol. The van der Waals surface area contributed by atoms with Gasteiger partial charge in [0.1, 0.15) is 11.6 Å². The number of carbonyl (C=O) groups excluding carboxylic acids is 1. The van der Waals surface area contributed by atoms with Crippen molar-refractivity contribution in [2.75, 3.05) is 26.3 Å². The Hall–Kier alpha value is -1.18. The lowest BCUT2D eigenvalue weighted by atomic mass is 9.97. The van der Waals surface area contributed by atoms with Crippen LogP contribution in [0.2, 0.25) is 0 Å². The van der Waals surface area contributed by atoms with Crippen LogP contribution in [0.5, 0.6) is 5.75 Å². The normalized spacial score (nSPS) is 23.3. The Labute approximate surface area is 149 Å². The topological polar surface area (TPSA) is 48.0 Å². The van der Waals surface area contributed by atoms with Crippen molar-refractivity contribution in [2.45, 2.75) is 32.2 Å². The SMILES string of the molecule is CC(Oc1ccc(F)cc1Br)C(=O)N1CCCC(C2OCCO2)C1. The monoisotopic (exact) mass is 401 g/mol. The number of hydrogen-bond donors (Lipinski definition) is 0. The highest BCUT2D eigenvalue weighted by atomic mass is 79.9. The molecule has 0 aliphatic carbocycles. The number of hydrogen-bond acceptors (Lipinski definition) is 4. The third-order valence-corrected chi connectivity index (χ3v) is 4.97. The van der Waals surface area contributed by atoms with Crippen LogP contribution in [0.15, 0.2) is 22.7 Å². The maximum Gasteiger partial charge on any atom is 0.263 e. The van der Waals surface area contributed by atoms with Gasteiger partial charge in [-0.1, -0.05) is 0 Å². The number of halogens is 2. The molecule has 0 saturated carbocycles. The van der Waals surface area contributed by atoms with Crippen molar-refractivity contribution in [1.29, 1.82) is 0 Å². The van der Waals surface area contributed by atoms with Gasteiger partial charge < -0.3 is 19.1 Å². The predicted octanol–water partition coefficient (Wildman–Crippen LogP) is 2.97. The Morgan fingerprint density at radius 2 is 2.17 bits per heavy atom. The third kappa shape index (κ3) is 4.07. The van der Waals surface area contributed by atoms with Gasteiger partial charge in [-0.3, -0.25) is 4.79 Å². The second-order valence-corrected chi connectivity index (χ2v) is 6.99. The second-order valence-electron chi connectivity index (χ2n) is 6.13. The summed E-state index contributed by atoms with van der Waals surface area (Å²) in [4.78, 5) is 14.5. The molecule has 1 aromatic rings. The van der Waals surface area contributed by atoms with Gasteiger partial charge in [0.05, 0.1) is 17.7 Å². The lowest BCUT2D eigenvalue weighted by Gasteiger charge is -2.36. The van der Waals surface area contributed by atoms with Gasteiger partial charge in [0.2, 0.25) is 0 Å². The Morgan fingerprint density at radius 3 is 2.88 bits per heavy atom.